The van der Waals surface area contributed by atoms with E-state index >= 15 is 4.39 Å². The number of hydrogen-bond donors (Lipinski definition) is 2. The van der Waals surface area contributed by atoms with E-state index in [1.807, 2.05) is 0 Å². The first-order chi connectivity index (χ1) is 15.9. The third kappa shape index (κ3) is 3.44. The molecule has 10 nitrogen and oxygen atoms in total. The molecule has 1 saturated heterocycles. The molecule has 4 aromatic rings. The van der Waals surface area contributed by atoms with Gasteiger partial charge in [0.1, 0.15) is 16.5 Å². The van der Waals surface area contributed by atoms with Crippen LogP contribution in [0.3, 0.4) is 0 Å². The molecule has 0 bridgehead atoms. The van der Waals surface area contributed by atoms with Crippen molar-refractivity contribution in [2.24, 2.45) is 7.05 Å². The molecule has 3 aromatic heterocycles. The smallest absolute Gasteiger partial charge is 0.291 e. The lowest BCUT2D eigenvalue weighted by Gasteiger charge is -2.28. The standard InChI is InChI=1S/C21H21ClFN7O3/c1-28-16-12(9-13(33-2)14(22)15(16)23)17(30-8-5-24-10-30)18(28)19-25-20(27-26-19)21(32)29-6-3-11(31)4-7-29/h5,8-11,31H,3-4,6-7H2,1-2H3,(H,25,26,27). The van der Waals surface area contributed by atoms with Crippen molar-refractivity contribution in [3.63, 3.8) is 0 Å². The lowest BCUT2D eigenvalue weighted by molar-refractivity contribution is 0.0536. The lowest BCUT2D eigenvalue weighted by atomic mass is 10.1. The number of methoxy groups -OCH3 is 1. The minimum Gasteiger partial charge on any atom is -0.495 e. The molecule has 0 atom stereocenters. The Hall–Kier alpha value is -3.44. The topological polar surface area (TPSA) is 114 Å². The Bertz CT molecular complexity index is 1340. The van der Waals surface area contributed by atoms with E-state index in [4.69, 9.17) is 16.3 Å². The fourth-order valence-corrected chi connectivity index (χ4v) is 4.46. The zero-order chi connectivity index (χ0) is 23.3. The maximum atomic E-state index is 15.3. The number of aliphatic hydroxyl groups excluding tert-OH is 1. The average Bonchev–Trinajstić information content (AvgIpc) is 3.55. The molecule has 0 unspecified atom stereocenters. The number of halogens is 2. The Morgan fingerprint density at radius 2 is 2.12 bits per heavy atom. The highest BCUT2D eigenvalue weighted by Gasteiger charge is 2.29. The van der Waals surface area contributed by atoms with Crippen LogP contribution >= 0.6 is 11.6 Å². The van der Waals surface area contributed by atoms with Gasteiger partial charge in [0, 0.05) is 37.9 Å². The number of hydrogen-bond acceptors (Lipinski definition) is 6. The number of ether oxygens (including phenoxy) is 1. The van der Waals surface area contributed by atoms with E-state index in [0.29, 0.717) is 42.7 Å². The van der Waals surface area contributed by atoms with Crippen LogP contribution in [0.1, 0.15) is 23.5 Å². The molecule has 1 aliphatic heterocycles. The summed E-state index contributed by atoms with van der Waals surface area (Å²) in [5.41, 5.74) is 1.27. The van der Waals surface area contributed by atoms with Gasteiger partial charge in [0.25, 0.3) is 5.91 Å². The molecule has 12 heteroatoms. The summed E-state index contributed by atoms with van der Waals surface area (Å²) < 4.78 is 23.9. The predicted octanol–water partition coefficient (Wildman–Crippen LogP) is 2.55. The molecule has 2 N–H and O–H groups in total. The fraction of sp³-hybridized carbons (Fsp3) is 0.333. The van der Waals surface area contributed by atoms with Gasteiger partial charge in [0.15, 0.2) is 11.6 Å². The maximum Gasteiger partial charge on any atom is 0.291 e. The van der Waals surface area contributed by atoms with E-state index in [0.717, 1.165) is 0 Å². The van der Waals surface area contributed by atoms with Crippen LogP contribution in [0, 0.1) is 5.82 Å². The molecule has 33 heavy (non-hydrogen) atoms. The van der Waals surface area contributed by atoms with E-state index < -0.39 is 11.9 Å². The highest BCUT2D eigenvalue weighted by molar-refractivity contribution is 6.33. The van der Waals surface area contributed by atoms with Crippen molar-refractivity contribution in [3.05, 3.63) is 41.5 Å². The molecular formula is C21H21ClFN7O3. The van der Waals surface area contributed by atoms with Gasteiger partial charge in [0.2, 0.25) is 5.82 Å². The minimum atomic E-state index is -0.639. The number of fused-ring (bicyclic) bond motifs is 1. The number of piperidine rings is 1. The second-order valence-electron chi connectivity index (χ2n) is 7.86. The fourth-order valence-electron chi connectivity index (χ4n) is 4.24. The van der Waals surface area contributed by atoms with Gasteiger partial charge >= 0.3 is 0 Å². The number of carbonyl (C=O) groups excluding carboxylic acids is 1. The highest BCUT2D eigenvalue weighted by atomic mass is 35.5. The van der Waals surface area contributed by atoms with Crippen molar-refractivity contribution in [2.45, 2.75) is 18.9 Å². The van der Waals surface area contributed by atoms with Gasteiger partial charge in [0.05, 0.1) is 30.7 Å². The number of likely N-dealkylation sites (tertiary alicyclic amines) is 1. The second kappa shape index (κ2) is 8.16. The number of H-pyrrole nitrogens is 1. The van der Waals surface area contributed by atoms with Crippen molar-refractivity contribution in [1.29, 1.82) is 0 Å². The largest absolute Gasteiger partial charge is 0.495 e. The number of imidazole rings is 1. The molecule has 1 fully saturated rings. The number of nitrogens with zero attached hydrogens (tertiary/aromatic N) is 6. The molecular weight excluding hydrogens is 453 g/mol. The van der Waals surface area contributed by atoms with E-state index in [2.05, 4.69) is 20.2 Å². The Balaban J connectivity index is 1.66. The maximum absolute atomic E-state index is 15.3. The lowest BCUT2D eigenvalue weighted by Crippen LogP contribution is -2.40. The normalized spacial score (nSPS) is 14.9. The van der Waals surface area contributed by atoms with Crippen LogP contribution < -0.4 is 4.74 Å². The van der Waals surface area contributed by atoms with Gasteiger partial charge in [-0.05, 0) is 18.9 Å². The monoisotopic (exact) mass is 473 g/mol. The predicted molar refractivity (Wildman–Crippen MR) is 118 cm³/mol. The van der Waals surface area contributed by atoms with Crippen LogP contribution in [0.4, 0.5) is 4.39 Å². The van der Waals surface area contributed by atoms with Gasteiger partial charge in [-0.15, -0.1) is 0 Å². The zero-order valence-electron chi connectivity index (χ0n) is 17.9. The Morgan fingerprint density at radius 1 is 1.36 bits per heavy atom. The minimum absolute atomic E-state index is 0.0688. The van der Waals surface area contributed by atoms with Crippen molar-refractivity contribution < 1.29 is 19.0 Å². The molecule has 172 valence electrons. The first-order valence-electron chi connectivity index (χ1n) is 10.3. The molecule has 0 saturated carbocycles. The molecule has 5 rings (SSSR count). The number of rotatable bonds is 4. The van der Waals surface area contributed by atoms with E-state index in [-0.39, 0.29) is 33.8 Å². The van der Waals surface area contributed by atoms with Gasteiger partial charge in [-0.25, -0.2) is 14.4 Å². The number of aryl methyl sites for hydroxylation is 1. The van der Waals surface area contributed by atoms with Crippen LogP contribution in [-0.2, 0) is 7.05 Å². The number of amides is 1. The summed E-state index contributed by atoms with van der Waals surface area (Å²) in [7, 11) is 3.09. The second-order valence-corrected chi connectivity index (χ2v) is 8.24. The molecule has 1 amide bonds. The first kappa shape index (κ1) is 21.4. The average molecular weight is 474 g/mol. The summed E-state index contributed by atoms with van der Waals surface area (Å²) in [4.78, 5) is 23.1. The Kier molecular flexibility index (Phi) is 5.29. The van der Waals surface area contributed by atoms with Gasteiger partial charge in [-0.3, -0.25) is 9.89 Å². The quantitative estimate of drug-likeness (QED) is 0.471. The summed E-state index contributed by atoms with van der Waals surface area (Å²) in [6.45, 7) is 0.877. The number of aromatic amines is 1. The summed E-state index contributed by atoms with van der Waals surface area (Å²) in [6, 6.07) is 1.65. The van der Waals surface area contributed by atoms with Crippen LogP contribution in [0.25, 0.3) is 28.1 Å². The Labute approximate surface area is 192 Å². The summed E-state index contributed by atoms with van der Waals surface area (Å²) in [5.74, 6) is -0.468. The van der Waals surface area contributed by atoms with Crippen molar-refractivity contribution in [1.82, 2.24) is 34.2 Å². The molecule has 4 heterocycles. The van der Waals surface area contributed by atoms with Crippen molar-refractivity contribution in [2.75, 3.05) is 20.2 Å². The molecule has 0 radical (unpaired) electrons. The number of aliphatic hydroxyl groups is 1. The number of aromatic nitrogens is 6. The summed E-state index contributed by atoms with van der Waals surface area (Å²) >= 11 is 6.18. The third-order valence-electron chi connectivity index (χ3n) is 5.93. The highest BCUT2D eigenvalue weighted by Crippen LogP contribution is 2.41. The summed E-state index contributed by atoms with van der Waals surface area (Å²) in [6.07, 6.45) is 5.53. The molecule has 0 aliphatic carbocycles. The molecule has 1 aliphatic rings. The van der Waals surface area contributed by atoms with E-state index in [1.54, 1.807) is 45.9 Å². The summed E-state index contributed by atoms with van der Waals surface area (Å²) in [5, 5.41) is 17.1. The number of benzene rings is 1. The number of carbonyl (C=O) groups is 1. The van der Waals surface area contributed by atoms with Gasteiger partial charge in [-0.2, -0.15) is 5.10 Å². The molecule has 0 spiro atoms. The zero-order valence-corrected chi connectivity index (χ0v) is 18.7. The van der Waals surface area contributed by atoms with Crippen molar-refractivity contribution in [3.8, 4) is 23.0 Å². The van der Waals surface area contributed by atoms with E-state index in [1.165, 1.54) is 7.11 Å². The number of nitrogens with one attached hydrogen (secondary N) is 1. The van der Waals surface area contributed by atoms with E-state index in [9.17, 15) is 9.90 Å². The Morgan fingerprint density at radius 3 is 2.79 bits per heavy atom. The SMILES string of the molecule is COc1cc2c(-n3ccnc3)c(-c3n[nH]c(C(=O)N4CCC(O)CC4)n3)n(C)c2c(F)c1Cl. The van der Waals surface area contributed by atoms with Crippen LogP contribution in [-0.4, -0.2) is 71.5 Å². The van der Waals surface area contributed by atoms with Gasteiger partial charge in [-0.1, -0.05) is 11.6 Å². The first-order valence-corrected chi connectivity index (χ1v) is 10.7. The van der Waals surface area contributed by atoms with Gasteiger partial charge < -0.3 is 23.9 Å². The van der Waals surface area contributed by atoms with Crippen LogP contribution in [0.2, 0.25) is 5.02 Å². The van der Waals surface area contributed by atoms with Crippen LogP contribution in [0.5, 0.6) is 5.75 Å². The van der Waals surface area contributed by atoms with Crippen molar-refractivity contribution >= 4 is 28.4 Å². The molecule has 1 aromatic carbocycles. The third-order valence-corrected chi connectivity index (χ3v) is 6.28. The van der Waals surface area contributed by atoms with Crippen LogP contribution in [0.15, 0.2) is 24.8 Å².